The van der Waals surface area contributed by atoms with E-state index in [2.05, 4.69) is 0 Å². The van der Waals surface area contributed by atoms with Crippen LogP contribution < -0.4 is 5.32 Å². The normalized spacial score (nSPS) is 12.4. The van der Waals surface area contributed by atoms with Crippen LogP contribution in [0.4, 0.5) is 4.79 Å². The summed E-state index contributed by atoms with van der Waals surface area (Å²) in [6.45, 7) is 3.67. The summed E-state index contributed by atoms with van der Waals surface area (Å²) in [4.78, 5) is 10.8. The van der Waals surface area contributed by atoms with E-state index in [1.807, 2.05) is 25.1 Å². The van der Waals surface area contributed by atoms with E-state index in [1.165, 1.54) is 0 Å². The van der Waals surface area contributed by atoms with Crippen molar-refractivity contribution in [2.45, 2.75) is 37.0 Å². The van der Waals surface area contributed by atoms with Crippen molar-refractivity contribution in [3.63, 3.8) is 0 Å². The molecule has 0 radical (unpaired) electrons. The van der Waals surface area contributed by atoms with E-state index in [9.17, 15) is 13.2 Å². The largest absolute Gasteiger partial charge is 0.465 e. The number of amides is 1. The van der Waals surface area contributed by atoms with Gasteiger partial charge in [0.15, 0.2) is 5.37 Å². The average Bonchev–Trinajstić information content (AvgIpc) is 2.43. The Balaban J connectivity index is 3.49. The maximum atomic E-state index is 12.6. The van der Waals surface area contributed by atoms with Crippen LogP contribution in [0.2, 0.25) is 0 Å². The molecule has 0 saturated carbocycles. The standard InChI is InChI=1S/C14H17NO4S/c1-4-10-8-7-9-11(5-2)13(10)20(18,19)12(6-3)15-14(16)17/h3,7-9,12,15H,4-5H2,1-2H3,(H,16,17). The number of benzene rings is 1. The zero-order valence-electron chi connectivity index (χ0n) is 11.4. The molecule has 1 unspecified atom stereocenters. The summed E-state index contributed by atoms with van der Waals surface area (Å²) in [7, 11) is -3.96. The summed E-state index contributed by atoms with van der Waals surface area (Å²) in [5, 5.41) is 8.99. The van der Waals surface area contributed by atoms with Gasteiger partial charge in [-0.15, -0.1) is 6.42 Å². The molecule has 20 heavy (non-hydrogen) atoms. The van der Waals surface area contributed by atoms with Crippen molar-refractivity contribution in [2.24, 2.45) is 0 Å². The minimum absolute atomic E-state index is 0.140. The van der Waals surface area contributed by atoms with E-state index in [4.69, 9.17) is 11.5 Å². The highest BCUT2D eigenvalue weighted by Gasteiger charge is 2.30. The third kappa shape index (κ3) is 3.11. The molecule has 1 amide bonds. The smallest absolute Gasteiger partial charge is 0.406 e. The number of carboxylic acid groups (broad SMARTS) is 1. The van der Waals surface area contributed by atoms with Crippen LogP contribution in [0.1, 0.15) is 25.0 Å². The van der Waals surface area contributed by atoms with Crippen LogP contribution in [0.5, 0.6) is 0 Å². The Bertz CT molecular complexity index is 621. The van der Waals surface area contributed by atoms with Gasteiger partial charge in [0, 0.05) is 0 Å². The zero-order valence-corrected chi connectivity index (χ0v) is 12.2. The second kappa shape index (κ2) is 6.44. The highest BCUT2D eigenvalue weighted by Crippen LogP contribution is 2.25. The molecule has 1 rings (SSSR count). The Morgan fingerprint density at radius 3 is 2.20 bits per heavy atom. The van der Waals surface area contributed by atoms with E-state index in [-0.39, 0.29) is 4.90 Å². The summed E-state index contributed by atoms with van der Waals surface area (Å²) in [5.74, 6) is 1.99. The van der Waals surface area contributed by atoms with Gasteiger partial charge in [-0.2, -0.15) is 0 Å². The van der Waals surface area contributed by atoms with Crippen LogP contribution in [-0.4, -0.2) is 25.0 Å². The van der Waals surface area contributed by atoms with Crippen LogP contribution in [-0.2, 0) is 22.7 Å². The Kier molecular flexibility index (Phi) is 5.17. The van der Waals surface area contributed by atoms with Gasteiger partial charge < -0.3 is 5.11 Å². The van der Waals surface area contributed by atoms with Gasteiger partial charge in [-0.05, 0) is 24.0 Å². The lowest BCUT2D eigenvalue weighted by Crippen LogP contribution is -2.39. The van der Waals surface area contributed by atoms with Crippen molar-refractivity contribution in [3.8, 4) is 12.3 Å². The van der Waals surface area contributed by atoms with Crippen LogP contribution in [0, 0.1) is 12.3 Å². The summed E-state index contributed by atoms with van der Waals surface area (Å²) in [6.07, 6.45) is 4.74. The molecule has 2 N–H and O–H groups in total. The molecule has 1 aromatic carbocycles. The summed E-state index contributed by atoms with van der Waals surface area (Å²) >= 11 is 0. The molecule has 0 heterocycles. The molecule has 6 heteroatoms. The van der Waals surface area contributed by atoms with Gasteiger partial charge in [-0.1, -0.05) is 38.0 Å². The molecule has 108 valence electrons. The van der Waals surface area contributed by atoms with Crippen LogP contribution in [0.3, 0.4) is 0 Å². The molecule has 0 bridgehead atoms. The van der Waals surface area contributed by atoms with E-state index in [0.717, 1.165) is 0 Å². The predicted octanol–water partition coefficient (Wildman–Crippen LogP) is 1.81. The van der Waals surface area contributed by atoms with Crippen LogP contribution in [0.25, 0.3) is 0 Å². The Morgan fingerprint density at radius 2 is 1.85 bits per heavy atom. The minimum Gasteiger partial charge on any atom is -0.465 e. The molecule has 0 aliphatic rings. The van der Waals surface area contributed by atoms with Gasteiger partial charge in [0.2, 0.25) is 9.84 Å². The lowest BCUT2D eigenvalue weighted by atomic mass is 10.1. The first kappa shape index (κ1) is 16.1. The number of carbonyl (C=O) groups is 1. The maximum Gasteiger partial charge on any atom is 0.406 e. The van der Waals surface area contributed by atoms with E-state index >= 15 is 0 Å². The van der Waals surface area contributed by atoms with Gasteiger partial charge in [0.1, 0.15) is 0 Å². The fourth-order valence-corrected chi connectivity index (χ4v) is 3.83. The molecule has 0 saturated heterocycles. The van der Waals surface area contributed by atoms with Crippen molar-refractivity contribution in [3.05, 3.63) is 29.3 Å². The zero-order chi connectivity index (χ0) is 15.3. The number of aryl methyl sites for hydroxylation is 2. The third-order valence-electron chi connectivity index (χ3n) is 2.94. The molecule has 0 fully saturated rings. The second-order valence-corrected chi connectivity index (χ2v) is 6.12. The quantitative estimate of drug-likeness (QED) is 0.812. The first-order chi connectivity index (χ1) is 9.38. The molecule has 1 atom stereocenters. The van der Waals surface area contributed by atoms with Gasteiger partial charge >= 0.3 is 6.09 Å². The number of terminal acetylenes is 1. The third-order valence-corrected chi connectivity index (χ3v) is 4.91. The lowest BCUT2D eigenvalue weighted by Gasteiger charge is -2.17. The van der Waals surface area contributed by atoms with Gasteiger partial charge in [0.25, 0.3) is 0 Å². The Hall–Kier alpha value is -2.00. The summed E-state index contributed by atoms with van der Waals surface area (Å²) in [5.41, 5.74) is 1.27. The molecule has 0 aliphatic carbocycles. The highest BCUT2D eigenvalue weighted by molar-refractivity contribution is 7.92. The predicted molar refractivity (Wildman–Crippen MR) is 76.2 cm³/mol. The fraction of sp³-hybridized carbons (Fsp3) is 0.357. The van der Waals surface area contributed by atoms with Crippen molar-refractivity contribution in [1.29, 1.82) is 0 Å². The number of sulfone groups is 1. The molecular formula is C14H17NO4S. The molecule has 0 spiro atoms. The summed E-state index contributed by atoms with van der Waals surface area (Å²) in [6, 6.07) is 5.20. The number of hydrogen-bond acceptors (Lipinski definition) is 3. The highest BCUT2D eigenvalue weighted by atomic mass is 32.2. The van der Waals surface area contributed by atoms with Crippen LogP contribution in [0.15, 0.2) is 23.1 Å². The Morgan fingerprint density at radius 1 is 1.35 bits per heavy atom. The van der Waals surface area contributed by atoms with Crippen molar-refractivity contribution in [1.82, 2.24) is 5.32 Å². The molecule has 1 aromatic rings. The SMILES string of the molecule is C#CC(NC(=O)O)S(=O)(=O)c1c(CC)cccc1CC. The monoisotopic (exact) mass is 295 g/mol. The lowest BCUT2D eigenvalue weighted by molar-refractivity contribution is 0.194. The summed E-state index contributed by atoms with van der Waals surface area (Å²) < 4.78 is 25.2. The van der Waals surface area contributed by atoms with Crippen LogP contribution >= 0.6 is 0 Å². The van der Waals surface area contributed by atoms with Crippen molar-refractivity contribution in [2.75, 3.05) is 0 Å². The van der Waals surface area contributed by atoms with Crippen molar-refractivity contribution >= 4 is 15.9 Å². The number of hydrogen-bond donors (Lipinski definition) is 2. The maximum absolute atomic E-state index is 12.6. The molecular weight excluding hydrogens is 278 g/mol. The van der Waals surface area contributed by atoms with E-state index < -0.39 is 21.3 Å². The average molecular weight is 295 g/mol. The van der Waals surface area contributed by atoms with Gasteiger partial charge in [-0.3, -0.25) is 5.32 Å². The van der Waals surface area contributed by atoms with Gasteiger partial charge in [-0.25, -0.2) is 13.2 Å². The van der Waals surface area contributed by atoms with E-state index in [1.54, 1.807) is 18.2 Å². The first-order valence-corrected chi connectivity index (χ1v) is 7.73. The molecule has 5 nitrogen and oxygen atoms in total. The molecule has 0 aromatic heterocycles. The van der Waals surface area contributed by atoms with Gasteiger partial charge in [0.05, 0.1) is 4.90 Å². The molecule has 0 aliphatic heterocycles. The Labute approximate surface area is 118 Å². The second-order valence-electron chi connectivity index (χ2n) is 4.15. The van der Waals surface area contributed by atoms with E-state index in [0.29, 0.717) is 24.0 Å². The van der Waals surface area contributed by atoms with Crippen molar-refractivity contribution < 1.29 is 18.3 Å². The minimum atomic E-state index is -3.96. The number of rotatable bonds is 5. The fourth-order valence-electron chi connectivity index (χ4n) is 2.00. The topological polar surface area (TPSA) is 83.5 Å². The number of nitrogens with one attached hydrogen (secondary N) is 1. The first-order valence-electron chi connectivity index (χ1n) is 6.18.